The van der Waals surface area contributed by atoms with Gasteiger partial charge in [-0.15, -0.1) is 0 Å². The molecular formula is C59H71N9O4. The number of hydrogen-bond acceptors (Lipinski definition) is 8. The number of hydrogen-bond donors (Lipinski definition) is 1. The number of amides is 3. The summed E-state index contributed by atoms with van der Waals surface area (Å²) in [7, 11) is 6.05. The van der Waals surface area contributed by atoms with Crippen molar-refractivity contribution in [3.63, 3.8) is 0 Å². The first-order chi connectivity index (χ1) is 34.9. The predicted octanol–water partition coefficient (Wildman–Crippen LogP) is 8.01. The van der Waals surface area contributed by atoms with Crippen LogP contribution in [0.5, 0.6) is 5.75 Å². The number of benzene rings is 4. The molecule has 0 radical (unpaired) electrons. The van der Waals surface area contributed by atoms with E-state index in [9.17, 15) is 4.79 Å². The highest BCUT2D eigenvalue weighted by atomic mass is 16.5. The number of aromatic nitrogens is 2. The third-order valence-electron chi connectivity index (χ3n) is 16.1. The van der Waals surface area contributed by atoms with Gasteiger partial charge in [-0.05, 0) is 130 Å². The van der Waals surface area contributed by atoms with Crippen molar-refractivity contribution in [2.75, 3.05) is 83.2 Å². The fourth-order valence-electron chi connectivity index (χ4n) is 11.3. The zero-order valence-electron chi connectivity index (χ0n) is 42.9. The standard InChI is InChI=1S/C59H71N9O4/c1-41-51(59(71)68(48-16-8-6-9-17-48)54-37-56(60)63(5)42(54)2)36-55(62(41)4)52-34-45-22-25-66(57(69)32-43-18-20-50(21-19-43)72-31-30-64-28-26-61(3)27-29-64)38-47(45)35-53(52)58(70)67-39-46-15-11-10-14-44(46)33-49(67)40-65-23-12-7-13-24-65/h6,8-11,14-21,34-37,49H,7,12-13,22-33,38-40,60H2,1-5H3. The van der Waals surface area contributed by atoms with Crippen LogP contribution in [-0.4, -0.2) is 130 Å². The summed E-state index contributed by atoms with van der Waals surface area (Å²) in [6.07, 6.45) is 5.29. The number of carbonyl (C=O) groups excluding carboxylic acids is 3. The predicted molar refractivity (Wildman–Crippen MR) is 286 cm³/mol. The Balaban J connectivity index is 0.967. The van der Waals surface area contributed by atoms with Gasteiger partial charge in [0.05, 0.1) is 17.7 Å². The lowest BCUT2D eigenvalue weighted by molar-refractivity contribution is -0.131. The van der Waals surface area contributed by atoms with Gasteiger partial charge in [0.25, 0.3) is 11.8 Å². The first-order valence-corrected chi connectivity index (χ1v) is 26.0. The van der Waals surface area contributed by atoms with Gasteiger partial charge in [-0.3, -0.25) is 24.2 Å². The number of nitrogens with zero attached hydrogens (tertiary/aromatic N) is 8. The molecule has 0 aliphatic carbocycles. The van der Waals surface area contributed by atoms with Crippen LogP contribution in [0, 0.1) is 13.8 Å². The van der Waals surface area contributed by atoms with Crippen molar-refractivity contribution in [1.29, 1.82) is 0 Å². The number of ether oxygens (including phenoxy) is 1. The number of nitrogen functional groups attached to an aromatic ring is 1. The van der Waals surface area contributed by atoms with E-state index in [1.54, 1.807) is 4.90 Å². The Morgan fingerprint density at radius 3 is 2.12 bits per heavy atom. The lowest BCUT2D eigenvalue weighted by Crippen LogP contribution is -2.51. The van der Waals surface area contributed by atoms with Crippen molar-refractivity contribution in [2.24, 2.45) is 14.1 Å². The number of likely N-dealkylation sites (N-methyl/N-ethyl adjacent to an activating group) is 1. The van der Waals surface area contributed by atoms with Gasteiger partial charge in [0.1, 0.15) is 18.2 Å². The molecule has 72 heavy (non-hydrogen) atoms. The smallest absolute Gasteiger partial charge is 0.264 e. The van der Waals surface area contributed by atoms with Crippen LogP contribution in [0.15, 0.2) is 103 Å². The van der Waals surface area contributed by atoms with Gasteiger partial charge in [0.15, 0.2) is 0 Å². The van der Waals surface area contributed by atoms with Crippen molar-refractivity contribution in [2.45, 2.75) is 71.5 Å². The first kappa shape index (κ1) is 48.9. The van der Waals surface area contributed by atoms with Crippen LogP contribution >= 0.6 is 0 Å². The van der Waals surface area contributed by atoms with E-state index in [-0.39, 0.29) is 30.2 Å². The number of para-hydroxylation sites is 1. The molecule has 4 aromatic carbocycles. The number of nitrogens with two attached hydrogens (primary N) is 1. The zero-order valence-corrected chi connectivity index (χ0v) is 42.9. The van der Waals surface area contributed by atoms with Crippen LogP contribution in [0.4, 0.5) is 17.2 Å². The quantitative estimate of drug-likeness (QED) is 0.124. The molecule has 6 aromatic rings. The summed E-state index contributed by atoms with van der Waals surface area (Å²) in [4.78, 5) is 58.2. The second-order valence-electron chi connectivity index (χ2n) is 20.6. The monoisotopic (exact) mass is 970 g/mol. The average molecular weight is 970 g/mol. The van der Waals surface area contributed by atoms with Crippen molar-refractivity contribution in [1.82, 2.24) is 33.6 Å². The lowest BCUT2D eigenvalue weighted by Gasteiger charge is -2.41. The van der Waals surface area contributed by atoms with Crippen LogP contribution in [0.2, 0.25) is 0 Å². The van der Waals surface area contributed by atoms with Crippen LogP contribution < -0.4 is 15.4 Å². The summed E-state index contributed by atoms with van der Waals surface area (Å²) in [6.45, 7) is 14.1. The maximum absolute atomic E-state index is 15.8. The summed E-state index contributed by atoms with van der Waals surface area (Å²) in [6, 6.07) is 34.2. The highest BCUT2D eigenvalue weighted by Crippen LogP contribution is 2.39. The van der Waals surface area contributed by atoms with Gasteiger partial charge in [-0.2, -0.15) is 0 Å². The Hall–Kier alpha value is -6.67. The van der Waals surface area contributed by atoms with Crippen LogP contribution in [0.1, 0.15) is 79.2 Å². The zero-order chi connectivity index (χ0) is 50.0. The third kappa shape index (κ3) is 10.2. The molecule has 0 bridgehead atoms. The highest BCUT2D eigenvalue weighted by molar-refractivity contribution is 6.13. The lowest BCUT2D eigenvalue weighted by atomic mass is 9.89. The van der Waals surface area contributed by atoms with Crippen molar-refractivity contribution in [3.8, 4) is 17.0 Å². The van der Waals surface area contributed by atoms with E-state index in [0.717, 1.165) is 110 Å². The van der Waals surface area contributed by atoms with Gasteiger partial charge >= 0.3 is 0 Å². The number of fused-ring (bicyclic) bond motifs is 2. The van der Waals surface area contributed by atoms with Gasteiger partial charge in [-0.1, -0.05) is 61.0 Å². The van der Waals surface area contributed by atoms with Gasteiger partial charge < -0.3 is 39.2 Å². The summed E-state index contributed by atoms with van der Waals surface area (Å²) < 4.78 is 10.1. The second kappa shape index (κ2) is 21.2. The molecule has 2 fully saturated rings. The number of carbonyl (C=O) groups is 3. The summed E-state index contributed by atoms with van der Waals surface area (Å²) in [5.41, 5.74) is 17.7. The Morgan fingerprint density at radius 2 is 1.40 bits per heavy atom. The fourth-order valence-corrected chi connectivity index (χ4v) is 11.3. The minimum atomic E-state index is -0.188. The molecule has 2 saturated heterocycles. The molecule has 1 unspecified atom stereocenters. The Bertz CT molecular complexity index is 2930. The molecule has 0 saturated carbocycles. The summed E-state index contributed by atoms with van der Waals surface area (Å²) in [5.74, 6) is 1.20. The van der Waals surface area contributed by atoms with Crippen LogP contribution in [-0.2, 0) is 51.2 Å². The minimum Gasteiger partial charge on any atom is -0.492 e. The van der Waals surface area contributed by atoms with Gasteiger partial charge in [-0.25, -0.2) is 0 Å². The average Bonchev–Trinajstić information content (AvgIpc) is 3.84. The largest absolute Gasteiger partial charge is 0.492 e. The topological polar surface area (TPSA) is 116 Å². The Labute approximate surface area is 425 Å². The second-order valence-corrected chi connectivity index (χ2v) is 20.6. The van der Waals surface area contributed by atoms with E-state index in [0.29, 0.717) is 55.3 Å². The molecule has 4 aliphatic rings. The van der Waals surface area contributed by atoms with Crippen molar-refractivity contribution >= 4 is 34.9 Å². The molecule has 13 heteroatoms. The van der Waals surface area contributed by atoms with Crippen LogP contribution in [0.25, 0.3) is 11.3 Å². The van der Waals surface area contributed by atoms with Gasteiger partial charge in [0.2, 0.25) is 5.91 Å². The number of piperidine rings is 1. The maximum Gasteiger partial charge on any atom is 0.264 e. The van der Waals surface area contributed by atoms with E-state index in [1.165, 1.54) is 30.4 Å². The Kier molecular flexibility index (Phi) is 14.4. The molecule has 3 amide bonds. The van der Waals surface area contributed by atoms with E-state index in [2.05, 4.69) is 67.6 Å². The fraction of sp³-hybridized carbons (Fsp3) is 0.407. The molecule has 0 spiro atoms. The molecule has 376 valence electrons. The van der Waals surface area contributed by atoms with E-state index >= 15 is 9.59 Å². The first-order valence-electron chi connectivity index (χ1n) is 26.0. The maximum atomic E-state index is 15.8. The molecule has 6 heterocycles. The number of anilines is 3. The van der Waals surface area contributed by atoms with Crippen molar-refractivity contribution < 1.29 is 19.1 Å². The van der Waals surface area contributed by atoms with E-state index < -0.39 is 0 Å². The van der Waals surface area contributed by atoms with E-state index in [1.807, 2.05) is 104 Å². The van der Waals surface area contributed by atoms with Crippen LogP contribution in [0.3, 0.4) is 0 Å². The van der Waals surface area contributed by atoms with Crippen molar-refractivity contribution in [3.05, 3.63) is 153 Å². The molecule has 2 N–H and O–H groups in total. The Morgan fingerprint density at radius 1 is 0.681 bits per heavy atom. The molecule has 2 aromatic heterocycles. The van der Waals surface area contributed by atoms with Gasteiger partial charge in [0, 0.05) is 119 Å². The van der Waals surface area contributed by atoms with E-state index in [4.69, 9.17) is 10.5 Å². The number of piperazine rings is 1. The molecule has 4 aliphatic heterocycles. The summed E-state index contributed by atoms with van der Waals surface area (Å²) >= 11 is 0. The minimum absolute atomic E-state index is 0.0190. The summed E-state index contributed by atoms with van der Waals surface area (Å²) in [5, 5.41) is 0. The third-order valence-corrected chi connectivity index (χ3v) is 16.1. The normalized spacial score (nSPS) is 17.7. The molecule has 1 atom stereocenters. The molecule has 10 rings (SSSR count). The molecular weight excluding hydrogens is 899 g/mol. The highest BCUT2D eigenvalue weighted by Gasteiger charge is 2.36. The SMILES string of the molecule is Cc1c(N(C(=O)c2cc(-c3cc4c(cc3C(=O)N3Cc5ccccc5CC3CN3CCCCC3)CN(C(=O)Cc3ccc(OCCN5CCN(C)CC5)cc3)CC4)n(C)c2C)c2ccccc2)cc(N)n1C. The number of likely N-dealkylation sites (tertiary alicyclic amines) is 1. The molecule has 13 nitrogen and oxygen atoms in total. The number of rotatable bonds is 13.